The molecule has 1 unspecified atom stereocenters. The second-order valence-corrected chi connectivity index (χ2v) is 7.77. The van der Waals surface area contributed by atoms with Crippen molar-refractivity contribution in [3.05, 3.63) is 34.9 Å². The second kappa shape index (κ2) is 6.82. The molecule has 0 bridgehead atoms. The Bertz CT molecular complexity index is 574. The van der Waals surface area contributed by atoms with Gasteiger partial charge in [0.1, 0.15) is 0 Å². The van der Waals surface area contributed by atoms with Gasteiger partial charge in [0.2, 0.25) is 5.91 Å². The van der Waals surface area contributed by atoms with Crippen molar-refractivity contribution in [2.45, 2.75) is 51.6 Å². The summed E-state index contributed by atoms with van der Waals surface area (Å²) < 4.78 is 0. The summed E-state index contributed by atoms with van der Waals surface area (Å²) in [6, 6.07) is 8.12. The van der Waals surface area contributed by atoms with Gasteiger partial charge in [0, 0.05) is 36.1 Å². The number of amides is 1. The van der Waals surface area contributed by atoms with Gasteiger partial charge in [0.05, 0.1) is 0 Å². The van der Waals surface area contributed by atoms with E-state index in [0.717, 1.165) is 37.6 Å². The van der Waals surface area contributed by atoms with Crippen LogP contribution in [0.4, 0.5) is 0 Å². The minimum atomic E-state index is 0.0866. The first-order valence-corrected chi connectivity index (χ1v) is 9.17. The van der Waals surface area contributed by atoms with Crippen molar-refractivity contribution in [2.24, 2.45) is 5.92 Å². The van der Waals surface area contributed by atoms with Crippen LogP contribution >= 0.6 is 11.6 Å². The first-order chi connectivity index (χ1) is 11.0. The van der Waals surface area contributed by atoms with E-state index in [1.807, 2.05) is 26.0 Å². The minimum absolute atomic E-state index is 0.0866. The molecule has 0 aliphatic carbocycles. The van der Waals surface area contributed by atoms with Crippen molar-refractivity contribution in [2.75, 3.05) is 19.6 Å². The average molecular weight is 335 g/mol. The molecule has 0 saturated carbocycles. The third-order valence-corrected chi connectivity index (χ3v) is 5.79. The Balaban J connectivity index is 1.77. The number of nitrogens with zero attached hydrogens (tertiary/aromatic N) is 2. The number of hydrogen-bond acceptors (Lipinski definition) is 2. The summed E-state index contributed by atoms with van der Waals surface area (Å²) in [6.07, 6.45) is 4.71. The smallest absolute Gasteiger partial charge is 0.225 e. The monoisotopic (exact) mass is 334 g/mol. The summed E-state index contributed by atoms with van der Waals surface area (Å²) in [4.78, 5) is 17.1. The van der Waals surface area contributed by atoms with Crippen molar-refractivity contribution in [3.8, 4) is 0 Å². The minimum Gasteiger partial charge on any atom is -0.341 e. The van der Waals surface area contributed by atoms with E-state index in [4.69, 9.17) is 11.6 Å². The van der Waals surface area contributed by atoms with Crippen molar-refractivity contribution in [1.29, 1.82) is 0 Å². The lowest BCUT2D eigenvalue weighted by atomic mass is 9.85. The van der Waals surface area contributed by atoms with E-state index >= 15 is 0 Å². The van der Waals surface area contributed by atoms with Gasteiger partial charge in [-0.05, 0) is 43.9 Å². The predicted molar refractivity (Wildman–Crippen MR) is 94.5 cm³/mol. The Morgan fingerprint density at radius 3 is 2.61 bits per heavy atom. The number of carbonyl (C=O) groups is 1. The molecule has 3 rings (SSSR count). The third-order valence-electron chi connectivity index (χ3n) is 5.42. The predicted octanol–water partition coefficient (Wildman–Crippen LogP) is 3.95. The molecule has 126 valence electrons. The molecule has 0 aromatic heterocycles. The molecule has 1 atom stereocenters. The summed E-state index contributed by atoms with van der Waals surface area (Å²) in [6.45, 7) is 7.80. The van der Waals surface area contributed by atoms with Crippen molar-refractivity contribution in [3.63, 3.8) is 0 Å². The number of carbonyl (C=O) groups excluding carboxylic acids is 1. The highest BCUT2D eigenvalue weighted by Gasteiger charge is 2.44. The lowest BCUT2D eigenvalue weighted by Crippen LogP contribution is -2.57. The molecule has 2 saturated heterocycles. The van der Waals surface area contributed by atoms with Crippen LogP contribution in [0.25, 0.3) is 0 Å². The van der Waals surface area contributed by atoms with Gasteiger partial charge in [-0.3, -0.25) is 9.69 Å². The molecule has 23 heavy (non-hydrogen) atoms. The van der Waals surface area contributed by atoms with Crippen LogP contribution in [0.3, 0.4) is 0 Å². The molecule has 1 amide bonds. The molecule has 1 aromatic rings. The highest BCUT2D eigenvalue weighted by atomic mass is 35.5. The number of benzene rings is 1. The lowest BCUT2D eigenvalue weighted by Gasteiger charge is -2.46. The van der Waals surface area contributed by atoms with Gasteiger partial charge in [-0.15, -0.1) is 0 Å². The van der Waals surface area contributed by atoms with Crippen LogP contribution in [-0.2, 0) is 11.3 Å². The molecule has 2 fully saturated rings. The van der Waals surface area contributed by atoms with E-state index in [-0.39, 0.29) is 11.5 Å². The van der Waals surface area contributed by atoms with E-state index < -0.39 is 0 Å². The van der Waals surface area contributed by atoms with Crippen LogP contribution in [0.1, 0.15) is 45.1 Å². The number of hydrogen-bond donors (Lipinski definition) is 0. The largest absolute Gasteiger partial charge is 0.341 e. The second-order valence-electron chi connectivity index (χ2n) is 7.36. The first kappa shape index (κ1) is 16.8. The quantitative estimate of drug-likeness (QED) is 0.835. The Kier molecular flexibility index (Phi) is 4.98. The third kappa shape index (κ3) is 3.41. The van der Waals surface area contributed by atoms with Gasteiger partial charge in [0.15, 0.2) is 0 Å². The van der Waals surface area contributed by atoms with Gasteiger partial charge in [-0.1, -0.05) is 43.6 Å². The fourth-order valence-corrected chi connectivity index (χ4v) is 4.40. The average Bonchev–Trinajstić information content (AvgIpc) is 2.90. The summed E-state index contributed by atoms with van der Waals surface area (Å²) in [5.41, 5.74) is 1.35. The van der Waals surface area contributed by atoms with Gasteiger partial charge >= 0.3 is 0 Å². The summed E-state index contributed by atoms with van der Waals surface area (Å²) >= 11 is 6.36. The summed E-state index contributed by atoms with van der Waals surface area (Å²) in [5.74, 6) is 0.386. The van der Waals surface area contributed by atoms with Crippen LogP contribution in [0.2, 0.25) is 5.02 Å². The van der Waals surface area contributed by atoms with Crippen molar-refractivity contribution in [1.82, 2.24) is 9.80 Å². The van der Waals surface area contributed by atoms with Gasteiger partial charge < -0.3 is 4.90 Å². The maximum atomic E-state index is 12.4. The lowest BCUT2D eigenvalue weighted by molar-refractivity contribution is -0.138. The molecule has 1 spiro atoms. The topological polar surface area (TPSA) is 23.6 Å². The zero-order valence-electron chi connectivity index (χ0n) is 14.2. The molecule has 3 nitrogen and oxygen atoms in total. The Morgan fingerprint density at radius 1 is 1.22 bits per heavy atom. The molecule has 0 N–H and O–H groups in total. The summed E-state index contributed by atoms with van der Waals surface area (Å²) in [7, 11) is 0. The fraction of sp³-hybridized carbons (Fsp3) is 0.632. The molecule has 2 aliphatic heterocycles. The zero-order valence-corrected chi connectivity index (χ0v) is 15.0. The number of rotatable bonds is 3. The maximum Gasteiger partial charge on any atom is 0.225 e. The number of piperidine rings is 1. The van der Waals surface area contributed by atoms with E-state index in [1.54, 1.807) is 0 Å². The Labute approximate surface area is 144 Å². The molecule has 2 heterocycles. The molecule has 2 aliphatic rings. The van der Waals surface area contributed by atoms with Crippen LogP contribution in [-0.4, -0.2) is 40.9 Å². The van der Waals surface area contributed by atoms with Gasteiger partial charge in [0.25, 0.3) is 0 Å². The maximum absolute atomic E-state index is 12.4. The van der Waals surface area contributed by atoms with Crippen molar-refractivity contribution < 1.29 is 4.79 Å². The normalized spacial score (nSPS) is 25.5. The van der Waals surface area contributed by atoms with Crippen LogP contribution < -0.4 is 0 Å². The van der Waals surface area contributed by atoms with E-state index in [9.17, 15) is 4.79 Å². The summed E-state index contributed by atoms with van der Waals surface area (Å²) in [5, 5.41) is 0.848. The fourth-order valence-electron chi connectivity index (χ4n) is 4.20. The Morgan fingerprint density at radius 2 is 1.91 bits per heavy atom. The standard InChI is InChI=1S/C19H27ClN2O/c1-15(2)18(23)21-11-5-9-19(14-21)10-6-12-22(19)13-16-7-3-4-8-17(16)20/h3-4,7-8,15H,5-6,9-14H2,1-2H3. The number of likely N-dealkylation sites (tertiary alicyclic amines) is 2. The first-order valence-electron chi connectivity index (χ1n) is 8.79. The highest BCUT2D eigenvalue weighted by molar-refractivity contribution is 6.31. The van der Waals surface area contributed by atoms with Gasteiger partial charge in [-0.2, -0.15) is 0 Å². The number of halogens is 1. The van der Waals surface area contributed by atoms with Crippen LogP contribution in [0.5, 0.6) is 0 Å². The van der Waals surface area contributed by atoms with E-state index in [2.05, 4.69) is 21.9 Å². The zero-order chi connectivity index (χ0) is 16.4. The van der Waals surface area contributed by atoms with Gasteiger partial charge in [-0.25, -0.2) is 0 Å². The van der Waals surface area contributed by atoms with Crippen molar-refractivity contribution >= 4 is 17.5 Å². The van der Waals surface area contributed by atoms with Crippen LogP contribution in [0, 0.1) is 5.92 Å². The molecular weight excluding hydrogens is 308 g/mol. The van der Waals surface area contributed by atoms with Crippen LogP contribution in [0.15, 0.2) is 24.3 Å². The molecular formula is C19H27ClN2O. The molecule has 4 heteroatoms. The van der Waals surface area contributed by atoms with E-state index in [1.165, 1.54) is 24.8 Å². The SMILES string of the molecule is CC(C)C(=O)N1CCCC2(CCCN2Cc2ccccc2Cl)C1. The molecule has 1 aromatic carbocycles. The Hall–Kier alpha value is -1.06. The van der Waals surface area contributed by atoms with E-state index in [0.29, 0.717) is 5.91 Å². The highest BCUT2D eigenvalue weighted by Crippen LogP contribution is 2.39. The molecule has 0 radical (unpaired) electrons.